The third-order valence-corrected chi connectivity index (χ3v) is 3.02. The summed E-state index contributed by atoms with van der Waals surface area (Å²) in [5.74, 6) is 6.33. The van der Waals surface area contributed by atoms with E-state index in [1.165, 1.54) is 7.11 Å². The normalized spacial score (nSPS) is 11.0. The van der Waals surface area contributed by atoms with Crippen LogP contribution < -0.4 is 4.74 Å². The third kappa shape index (κ3) is 6.18. The second-order valence-corrected chi connectivity index (χ2v) is 4.58. The van der Waals surface area contributed by atoms with Crippen LogP contribution in [0.5, 0.6) is 5.75 Å². The maximum atomic E-state index is 11.4. The molecule has 112 valence electrons. The first-order valence-electron chi connectivity index (χ1n) is 7.04. The maximum Gasteiger partial charge on any atom is 0.307 e. The molecule has 1 aromatic rings. The summed E-state index contributed by atoms with van der Waals surface area (Å²) in [7, 11) is 1.39. The zero-order chi connectivity index (χ0) is 15.5. The molecule has 21 heavy (non-hydrogen) atoms. The molecule has 0 heterocycles. The topological polar surface area (TPSA) is 35.5 Å². The smallest absolute Gasteiger partial charge is 0.307 e. The highest BCUT2D eigenvalue weighted by Crippen LogP contribution is 2.22. The molecule has 0 aliphatic heterocycles. The fourth-order valence-corrected chi connectivity index (χ4v) is 1.89. The predicted octanol–water partition coefficient (Wildman–Crippen LogP) is 3.70. The van der Waals surface area contributed by atoms with Crippen molar-refractivity contribution < 1.29 is 14.3 Å². The Morgan fingerprint density at radius 2 is 2.10 bits per heavy atom. The van der Waals surface area contributed by atoms with Gasteiger partial charge in [0.15, 0.2) is 0 Å². The van der Waals surface area contributed by atoms with Gasteiger partial charge in [0.05, 0.1) is 26.1 Å². The molecule has 3 nitrogen and oxygen atoms in total. The van der Waals surface area contributed by atoms with Gasteiger partial charge in [-0.15, -0.1) is 12.5 Å². The number of allylic oxidation sites excluding steroid dienone is 1. The van der Waals surface area contributed by atoms with Gasteiger partial charge >= 0.3 is 5.97 Å². The van der Waals surface area contributed by atoms with E-state index in [0.717, 1.165) is 24.2 Å². The summed E-state index contributed by atoms with van der Waals surface area (Å²) in [6.07, 6.45) is 4.05. The molecule has 0 amide bonds. The van der Waals surface area contributed by atoms with Crippen molar-refractivity contribution in [3.05, 3.63) is 42.5 Å². The van der Waals surface area contributed by atoms with E-state index in [0.29, 0.717) is 6.61 Å². The van der Waals surface area contributed by atoms with Gasteiger partial charge in [-0.3, -0.25) is 4.79 Å². The monoisotopic (exact) mass is 286 g/mol. The van der Waals surface area contributed by atoms with Gasteiger partial charge in [0.2, 0.25) is 0 Å². The lowest BCUT2D eigenvalue weighted by molar-refractivity contribution is -0.140. The minimum Gasteiger partial charge on any atom is -0.494 e. The van der Waals surface area contributed by atoms with Crippen molar-refractivity contribution >= 4 is 5.97 Å². The van der Waals surface area contributed by atoms with E-state index in [1.807, 2.05) is 30.3 Å². The molecule has 0 radical (unpaired) electrons. The Labute approximate surface area is 127 Å². The Hall–Kier alpha value is -2.21. The third-order valence-electron chi connectivity index (χ3n) is 3.02. The summed E-state index contributed by atoms with van der Waals surface area (Å²) in [5, 5.41) is 0. The van der Waals surface area contributed by atoms with Crippen LogP contribution >= 0.6 is 0 Å². The van der Waals surface area contributed by atoms with Gasteiger partial charge in [-0.1, -0.05) is 24.1 Å². The Bertz CT molecular complexity index is 506. The molecule has 0 saturated carbocycles. The van der Waals surface area contributed by atoms with E-state index in [9.17, 15) is 4.79 Å². The minimum absolute atomic E-state index is 0.141. The predicted molar refractivity (Wildman–Crippen MR) is 84.2 cm³/mol. The molecule has 0 spiro atoms. The number of esters is 1. The molecule has 1 aromatic carbocycles. The number of carbonyl (C=O) groups is 1. The van der Waals surface area contributed by atoms with E-state index in [-0.39, 0.29) is 18.3 Å². The highest BCUT2D eigenvalue weighted by molar-refractivity contribution is 5.71. The van der Waals surface area contributed by atoms with Crippen LogP contribution in [-0.4, -0.2) is 19.7 Å². The average Bonchev–Trinajstić information content (AvgIpc) is 2.51. The van der Waals surface area contributed by atoms with Gasteiger partial charge in [0, 0.05) is 0 Å². The number of unbranched alkanes of at least 4 members (excludes halogenated alkanes) is 1. The average molecular weight is 286 g/mol. The molecule has 0 aromatic heterocycles. The molecule has 0 N–H and O–H groups in total. The van der Waals surface area contributed by atoms with Gasteiger partial charge in [-0.2, -0.15) is 0 Å². The second kappa shape index (κ2) is 9.66. The first-order valence-corrected chi connectivity index (χ1v) is 7.04. The summed E-state index contributed by atoms with van der Waals surface area (Å²) in [6, 6.07) is 7.71. The number of hydrogen-bond acceptors (Lipinski definition) is 3. The van der Waals surface area contributed by atoms with Gasteiger partial charge in [-0.05, 0) is 37.5 Å². The van der Waals surface area contributed by atoms with Gasteiger partial charge in [-0.25, -0.2) is 0 Å². The van der Waals surface area contributed by atoms with Crippen molar-refractivity contribution in [1.82, 2.24) is 0 Å². The van der Waals surface area contributed by atoms with Gasteiger partial charge in [0.1, 0.15) is 5.75 Å². The molecule has 0 bridgehead atoms. The van der Waals surface area contributed by atoms with Crippen molar-refractivity contribution in [1.29, 1.82) is 0 Å². The van der Waals surface area contributed by atoms with Crippen molar-refractivity contribution in [2.24, 2.45) is 0 Å². The van der Waals surface area contributed by atoms with Crippen LogP contribution in [0.4, 0.5) is 0 Å². The van der Waals surface area contributed by atoms with Crippen LogP contribution in [0, 0.1) is 11.8 Å². The molecule has 0 aliphatic carbocycles. The summed E-state index contributed by atoms with van der Waals surface area (Å²) in [5.41, 5.74) is 0.994. The Kier molecular flexibility index (Phi) is 7.74. The molecular weight excluding hydrogens is 264 g/mol. The quantitative estimate of drug-likeness (QED) is 0.316. The maximum absolute atomic E-state index is 11.4. The van der Waals surface area contributed by atoms with E-state index in [4.69, 9.17) is 9.47 Å². The lowest BCUT2D eigenvalue weighted by Crippen LogP contribution is -2.07. The number of hydrogen-bond donors (Lipinski definition) is 0. The van der Waals surface area contributed by atoms with E-state index in [1.54, 1.807) is 6.92 Å². The molecule has 1 atom stereocenters. The Morgan fingerprint density at radius 1 is 1.38 bits per heavy atom. The number of ether oxygens (including phenoxy) is 2. The lowest BCUT2D eigenvalue weighted by atomic mass is 9.96. The fourth-order valence-electron chi connectivity index (χ4n) is 1.89. The minimum atomic E-state index is -0.257. The summed E-state index contributed by atoms with van der Waals surface area (Å²) >= 11 is 0. The van der Waals surface area contributed by atoms with Crippen molar-refractivity contribution in [3.8, 4) is 17.6 Å². The van der Waals surface area contributed by atoms with E-state index < -0.39 is 0 Å². The van der Waals surface area contributed by atoms with Crippen molar-refractivity contribution in [2.45, 2.75) is 32.1 Å². The number of benzene rings is 1. The molecule has 0 saturated heterocycles. The molecule has 3 heteroatoms. The van der Waals surface area contributed by atoms with Gasteiger partial charge < -0.3 is 9.47 Å². The highest BCUT2D eigenvalue weighted by Gasteiger charge is 2.14. The molecule has 0 fully saturated rings. The summed E-state index contributed by atoms with van der Waals surface area (Å²) < 4.78 is 10.3. The van der Waals surface area contributed by atoms with Crippen LogP contribution in [0.15, 0.2) is 36.9 Å². The number of rotatable bonds is 8. The highest BCUT2D eigenvalue weighted by atomic mass is 16.5. The number of carbonyl (C=O) groups excluding carboxylic acids is 1. The van der Waals surface area contributed by atoms with E-state index in [2.05, 4.69) is 18.4 Å². The van der Waals surface area contributed by atoms with Crippen molar-refractivity contribution in [2.75, 3.05) is 13.7 Å². The molecular formula is C18H22O3. The summed E-state index contributed by atoms with van der Waals surface area (Å²) in [4.78, 5) is 11.4. The summed E-state index contributed by atoms with van der Waals surface area (Å²) in [6.45, 7) is 6.12. The Morgan fingerprint density at radius 3 is 2.67 bits per heavy atom. The molecule has 1 rings (SSSR count). The molecule has 0 aliphatic rings. The van der Waals surface area contributed by atoms with Crippen LogP contribution in [0.25, 0.3) is 0 Å². The number of methoxy groups -OCH3 is 1. The van der Waals surface area contributed by atoms with Crippen LogP contribution in [0.1, 0.15) is 37.7 Å². The standard InChI is InChI=1S/C18H22O3/c1-4-6-7-13-21-17-11-9-15(10-12-17)16(8-5-2)14-18(19)20-3/h4,9-12,16H,1,6-7,13-14H2,2-3H3. The zero-order valence-electron chi connectivity index (χ0n) is 12.7. The van der Waals surface area contributed by atoms with Crippen LogP contribution in [-0.2, 0) is 9.53 Å². The zero-order valence-corrected chi connectivity index (χ0v) is 12.7. The Balaban J connectivity index is 2.66. The first kappa shape index (κ1) is 16.8. The van der Waals surface area contributed by atoms with Gasteiger partial charge in [0.25, 0.3) is 0 Å². The largest absolute Gasteiger partial charge is 0.494 e. The van der Waals surface area contributed by atoms with Crippen LogP contribution in [0.2, 0.25) is 0 Å². The second-order valence-electron chi connectivity index (χ2n) is 4.58. The lowest BCUT2D eigenvalue weighted by Gasteiger charge is -2.11. The van der Waals surface area contributed by atoms with Crippen LogP contribution in [0.3, 0.4) is 0 Å². The molecule has 1 unspecified atom stereocenters. The SMILES string of the molecule is C=CCCCOc1ccc(C(C#CC)CC(=O)OC)cc1. The fraction of sp³-hybridized carbons (Fsp3) is 0.389. The van der Waals surface area contributed by atoms with Crippen molar-refractivity contribution in [3.63, 3.8) is 0 Å². The van der Waals surface area contributed by atoms with E-state index >= 15 is 0 Å². The first-order chi connectivity index (χ1) is 10.2.